The summed E-state index contributed by atoms with van der Waals surface area (Å²) < 4.78 is 11.7. The second-order valence-electron chi connectivity index (χ2n) is 5.55. The second-order valence-corrected chi connectivity index (χ2v) is 5.55. The number of hydrogen-bond acceptors (Lipinski definition) is 3. The molecule has 1 N–H and O–H groups in total. The molecule has 1 heterocycles. The molecule has 0 unspecified atom stereocenters. The van der Waals surface area contributed by atoms with Gasteiger partial charge < -0.3 is 14.5 Å². The molecule has 0 amide bonds. The lowest BCUT2D eigenvalue weighted by molar-refractivity contribution is 0.263. The van der Waals surface area contributed by atoms with Gasteiger partial charge in [-0.1, -0.05) is 19.1 Å². The minimum Gasteiger partial charge on any atom is -0.485 e. The Morgan fingerprint density at radius 1 is 1.10 bits per heavy atom. The molecule has 0 aliphatic heterocycles. The van der Waals surface area contributed by atoms with Crippen LogP contribution in [0.2, 0.25) is 0 Å². The van der Waals surface area contributed by atoms with Gasteiger partial charge in [0.2, 0.25) is 0 Å². The quantitative estimate of drug-likeness (QED) is 0.772. The number of hydrogen-bond donors (Lipinski definition) is 1. The van der Waals surface area contributed by atoms with Crippen molar-refractivity contribution < 1.29 is 9.15 Å². The lowest BCUT2D eigenvalue weighted by Gasteiger charge is -2.08. The van der Waals surface area contributed by atoms with Crippen molar-refractivity contribution in [2.24, 2.45) is 0 Å². The van der Waals surface area contributed by atoms with E-state index < -0.39 is 0 Å². The fourth-order valence-electron chi connectivity index (χ4n) is 2.23. The van der Waals surface area contributed by atoms with Crippen molar-refractivity contribution in [2.75, 3.05) is 6.54 Å². The van der Waals surface area contributed by atoms with Crippen LogP contribution >= 0.6 is 0 Å². The Labute approximate surface area is 127 Å². The van der Waals surface area contributed by atoms with Gasteiger partial charge in [-0.15, -0.1) is 0 Å². The van der Waals surface area contributed by atoms with Crippen LogP contribution in [0.4, 0.5) is 0 Å². The van der Waals surface area contributed by atoms with Gasteiger partial charge in [0.15, 0.2) is 0 Å². The summed E-state index contributed by atoms with van der Waals surface area (Å²) >= 11 is 0. The molecule has 21 heavy (non-hydrogen) atoms. The van der Waals surface area contributed by atoms with Crippen LogP contribution in [0, 0.1) is 20.8 Å². The second kappa shape index (κ2) is 7.32. The SMILES string of the molecule is CCCNCc1oc(COc2cc(C)ccc2C)cc1C. The van der Waals surface area contributed by atoms with E-state index in [4.69, 9.17) is 9.15 Å². The van der Waals surface area contributed by atoms with E-state index in [-0.39, 0.29) is 0 Å². The first kappa shape index (κ1) is 15.6. The molecule has 2 aromatic rings. The zero-order valence-electron chi connectivity index (χ0n) is 13.5. The number of nitrogens with one attached hydrogen (secondary N) is 1. The molecule has 2 rings (SSSR count). The molecule has 0 aliphatic carbocycles. The minimum absolute atomic E-state index is 0.471. The summed E-state index contributed by atoms with van der Waals surface area (Å²) in [6, 6.07) is 8.30. The van der Waals surface area contributed by atoms with Crippen molar-refractivity contribution in [3.63, 3.8) is 0 Å². The third-order valence-corrected chi connectivity index (χ3v) is 3.50. The lowest BCUT2D eigenvalue weighted by Crippen LogP contribution is -2.13. The molecular weight excluding hydrogens is 262 g/mol. The smallest absolute Gasteiger partial charge is 0.146 e. The zero-order chi connectivity index (χ0) is 15.2. The van der Waals surface area contributed by atoms with Crippen LogP contribution in [-0.4, -0.2) is 6.54 Å². The molecule has 0 fully saturated rings. The van der Waals surface area contributed by atoms with E-state index in [0.29, 0.717) is 6.61 Å². The molecule has 3 nitrogen and oxygen atoms in total. The minimum atomic E-state index is 0.471. The fourth-order valence-corrected chi connectivity index (χ4v) is 2.23. The van der Waals surface area contributed by atoms with E-state index in [9.17, 15) is 0 Å². The van der Waals surface area contributed by atoms with E-state index in [1.807, 2.05) is 0 Å². The molecule has 0 bridgehead atoms. The van der Waals surface area contributed by atoms with Gasteiger partial charge in [-0.25, -0.2) is 0 Å². The van der Waals surface area contributed by atoms with Crippen LogP contribution in [0.1, 0.15) is 41.6 Å². The largest absolute Gasteiger partial charge is 0.485 e. The summed E-state index contributed by atoms with van der Waals surface area (Å²) in [4.78, 5) is 0. The van der Waals surface area contributed by atoms with Gasteiger partial charge in [0.25, 0.3) is 0 Å². The van der Waals surface area contributed by atoms with Gasteiger partial charge in [-0.05, 0) is 62.6 Å². The summed E-state index contributed by atoms with van der Waals surface area (Å²) in [5.41, 5.74) is 3.53. The Hall–Kier alpha value is -1.74. The van der Waals surface area contributed by atoms with Crippen molar-refractivity contribution in [3.05, 3.63) is 52.5 Å². The van der Waals surface area contributed by atoms with Crippen LogP contribution in [0.5, 0.6) is 5.75 Å². The standard InChI is InChI=1S/C18H25NO2/c1-5-8-19-11-18-15(4)10-16(21-18)12-20-17-9-13(2)6-7-14(17)3/h6-7,9-10,19H,5,8,11-12H2,1-4H3. The van der Waals surface area contributed by atoms with E-state index in [1.165, 1.54) is 11.1 Å². The van der Waals surface area contributed by atoms with Crippen molar-refractivity contribution in [3.8, 4) is 5.75 Å². The highest BCUT2D eigenvalue weighted by Gasteiger charge is 2.08. The van der Waals surface area contributed by atoms with Crippen LogP contribution in [0.25, 0.3) is 0 Å². The number of furan rings is 1. The Kier molecular flexibility index (Phi) is 5.45. The fraction of sp³-hybridized carbons (Fsp3) is 0.444. The Bertz CT molecular complexity index is 587. The van der Waals surface area contributed by atoms with Gasteiger partial charge in [0.05, 0.1) is 6.54 Å². The molecule has 0 atom stereocenters. The first-order valence-electron chi connectivity index (χ1n) is 7.59. The number of ether oxygens (including phenoxy) is 1. The summed E-state index contributed by atoms with van der Waals surface area (Å²) in [5, 5.41) is 3.36. The number of aryl methyl sites for hydroxylation is 3. The number of rotatable bonds is 7. The third kappa shape index (κ3) is 4.36. The monoisotopic (exact) mass is 287 g/mol. The van der Waals surface area contributed by atoms with Crippen LogP contribution in [-0.2, 0) is 13.2 Å². The molecule has 0 radical (unpaired) electrons. The Morgan fingerprint density at radius 2 is 1.90 bits per heavy atom. The Morgan fingerprint density at radius 3 is 2.67 bits per heavy atom. The van der Waals surface area contributed by atoms with Gasteiger partial charge in [0, 0.05) is 0 Å². The molecule has 0 saturated heterocycles. The first-order valence-corrected chi connectivity index (χ1v) is 7.59. The van der Waals surface area contributed by atoms with E-state index in [0.717, 1.165) is 42.3 Å². The maximum atomic E-state index is 5.88. The van der Waals surface area contributed by atoms with Crippen molar-refractivity contribution in [1.29, 1.82) is 0 Å². The maximum absolute atomic E-state index is 5.88. The summed E-state index contributed by atoms with van der Waals surface area (Å²) in [6.07, 6.45) is 1.13. The van der Waals surface area contributed by atoms with E-state index in [1.54, 1.807) is 0 Å². The highest BCUT2D eigenvalue weighted by Crippen LogP contribution is 2.22. The zero-order valence-corrected chi connectivity index (χ0v) is 13.5. The summed E-state index contributed by atoms with van der Waals surface area (Å²) in [5.74, 6) is 2.81. The van der Waals surface area contributed by atoms with Gasteiger partial charge >= 0.3 is 0 Å². The van der Waals surface area contributed by atoms with Crippen LogP contribution < -0.4 is 10.1 Å². The predicted octanol–water partition coefficient (Wildman–Crippen LogP) is 4.28. The van der Waals surface area contributed by atoms with Crippen LogP contribution in [0.15, 0.2) is 28.7 Å². The summed E-state index contributed by atoms with van der Waals surface area (Å²) in [7, 11) is 0. The third-order valence-electron chi connectivity index (χ3n) is 3.50. The van der Waals surface area contributed by atoms with Gasteiger partial charge in [-0.2, -0.15) is 0 Å². The highest BCUT2D eigenvalue weighted by atomic mass is 16.5. The highest BCUT2D eigenvalue weighted by molar-refractivity contribution is 5.36. The average Bonchev–Trinajstić information content (AvgIpc) is 2.81. The predicted molar refractivity (Wildman–Crippen MR) is 85.7 cm³/mol. The molecule has 1 aromatic heterocycles. The van der Waals surface area contributed by atoms with Crippen LogP contribution in [0.3, 0.4) is 0 Å². The van der Waals surface area contributed by atoms with Crippen molar-refractivity contribution in [2.45, 2.75) is 47.3 Å². The topological polar surface area (TPSA) is 34.4 Å². The first-order chi connectivity index (χ1) is 10.1. The van der Waals surface area contributed by atoms with Crippen molar-refractivity contribution in [1.82, 2.24) is 5.32 Å². The normalized spacial score (nSPS) is 10.9. The molecule has 0 saturated carbocycles. The average molecular weight is 287 g/mol. The number of benzene rings is 1. The van der Waals surface area contributed by atoms with Crippen molar-refractivity contribution >= 4 is 0 Å². The van der Waals surface area contributed by atoms with Gasteiger partial charge in [0.1, 0.15) is 23.9 Å². The molecule has 114 valence electrons. The Balaban J connectivity index is 1.97. The molecular formula is C18H25NO2. The molecule has 0 aliphatic rings. The van der Waals surface area contributed by atoms with E-state index in [2.05, 4.69) is 57.3 Å². The van der Waals surface area contributed by atoms with Gasteiger partial charge in [-0.3, -0.25) is 0 Å². The molecule has 0 spiro atoms. The maximum Gasteiger partial charge on any atom is 0.146 e. The lowest BCUT2D eigenvalue weighted by atomic mass is 10.1. The summed E-state index contributed by atoms with van der Waals surface area (Å²) in [6.45, 7) is 10.6. The molecule has 1 aromatic carbocycles. The molecule has 3 heteroatoms. The van der Waals surface area contributed by atoms with E-state index >= 15 is 0 Å².